The molecule has 5 rings (SSSR count). The van der Waals surface area contributed by atoms with Gasteiger partial charge in [0, 0.05) is 43.9 Å². The summed E-state index contributed by atoms with van der Waals surface area (Å²) in [4.78, 5) is 23.9. The van der Waals surface area contributed by atoms with E-state index < -0.39 is 6.17 Å². The van der Waals surface area contributed by atoms with Crippen LogP contribution in [0.2, 0.25) is 0 Å². The molecule has 3 aliphatic rings. The van der Waals surface area contributed by atoms with Gasteiger partial charge in [0.25, 0.3) is 5.91 Å². The van der Waals surface area contributed by atoms with E-state index >= 15 is 0 Å². The summed E-state index contributed by atoms with van der Waals surface area (Å²) in [6.07, 6.45) is 6.10. The lowest BCUT2D eigenvalue weighted by Gasteiger charge is -2.36. The minimum atomic E-state index is -0.967. The average Bonchev–Trinajstić information content (AvgIpc) is 2.94. The van der Waals surface area contributed by atoms with Gasteiger partial charge in [-0.25, -0.2) is 14.4 Å². The van der Waals surface area contributed by atoms with Crippen LogP contribution in [0, 0.1) is 13.8 Å². The van der Waals surface area contributed by atoms with E-state index in [4.69, 9.17) is 9.47 Å². The first-order valence-corrected chi connectivity index (χ1v) is 14.0. The van der Waals surface area contributed by atoms with Crippen LogP contribution in [-0.4, -0.2) is 78.0 Å². The maximum Gasteiger partial charge on any atom is 0.272 e. The lowest BCUT2D eigenvalue weighted by molar-refractivity contribution is -0.0442. The number of carbonyl (C=O) groups is 1. The highest BCUT2D eigenvalue weighted by molar-refractivity contribution is 5.94. The van der Waals surface area contributed by atoms with Gasteiger partial charge in [0.1, 0.15) is 24.0 Å². The van der Waals surface area contributed by atoms with Crippen LogP contribution in [0.1, 0.15) is 71.8 Å². The first-order valence-electron chi connectivity index (χ1n) is 14.0. The Balaban J connectivity index is 1.13. The second-order valence-corrected chi connectivity index (χ2v) is 10.9. The van der Waals surface area contributed by atoms with Crippen molar-refractivity contribution < 1.29 is 18.7 Å². The number of benzene rings is 1. The van der Waals surface area contributed by atoms with Crippen LogP contribution in [-0.2, 0) is 9.47 Å². The lowest BCUT2D eigenvalue weighted by atomic mass is 9.97. The Labute approximate surface area is 224 Å². The Hall–Kier alpha value is -2.62. The molecule has 3 fully saturated rings. The minimum Gasteiger partial charge on any atom is -0.378 e. The zero-order valence-electron chi connectivity index (χ0n) is 22.5. The molecule has 1 aromatic heterocycles. The Morgan fingerprint density at radius 1 is 1.08 bits per heavy atom. The third-order valence-electron chi connectivity index (χ3n) is 8.10. The molecule has 1 aromatic carbocycles. The molecule has 0 aliphatic carbocycles. The fourth-order valence-electron chi connectivity index (χ4n) is 5.72. The number of likely N-dealkylation sites (tertiary alicyclic amines) is 1. The van der Waals surface area contributed by atoms with E-state index in [2.05, 4.69) is 51.8 Å². The number of alkyl halides is 1. The number of aryl methyl sites for hydroxylation is 1. The molecule has 9 heteroatoms. The van der Waals surface area contributed by atoms with Crippen LogP contribution in [0.3, 0.4) is 0 Å². The molecule has 1 amide bonds. The maximum atomic E-state index is 14.1. The Kier molecular flexibility index (Phi) is 8.86. The first-order chi connectivity index (χ1) is 18.5. The molecule has 0 spiro atoms. The van der Waals surface area contributed by atoms with Crippen LogP contribution < -0.4 is 10.6 Å². The van der Waals surface area contributed by atoms with E-state index in [0.29, 0.717) is 44.2 Å². The highest BCUT2D eigenvalue weighted by Gasteiger charge is 2.31. The van der Waals surface area contributed by atoms with Gasteiger partial charge in [-0.3, -0.25) is 4.79 Å². The van der Waals surface area contributed by atoms with Crippen molar-refractivity contribution in [2.24, 2.45) is 0 Å². The Bertz CT molecular complexity index is 1080. The number of hydrogen-bond donors (Lipinski definition) is 2. The molecule has 0 radical (unpaired) electrons. The van der Waals surface area contributed by atoms with Crippen molar-refractivity contribution in [3.05, 3.63) is 53.0 Å². The molecule has 4 heterocycles. The van der Waals surface area contributed by atoms with Crippen LogP contribution >= 0.6 is 0 Å². The van der Waals surface area contributed by atoms with Crippen molar-refractivity contribution in [3.8, 4) is 0 Å². The number of halogens is 1. The highest BCUT2D eigenvalue weighted by atomic mass is 19.1. The van der Waals surface area contributed by atoms with Crippen molar-refractivity contribution in [3.63, 3.8) is 0 Å². The van der Waals surface area contributed by atoms with E-state index in [9.17, 15) is 9.18 Å². The topological polar surface area (TPSA) is 88.6 Å². The molecule has 2 N–H and O–H groups in total. The van der Waals surface area contributed by atoms with Crippen LogP contribution in [0.4, 0.5) is 10.2 Å². The fraction of sp³-hybridized carbons (Fsp3) is 0.621. The number of hydrogen-bond acceptors (Lipinski definition) is 7. The number of amides is 1. The quantitative estimate of drug-likeness (QED) is 0.562. The van der Waals surface area contributed by atoms with Crippen LogP contribution in [0.5, 0.6) is 0 Å². The molecule has 2 aromatic rings. The first kappa shape index (κ1) is 27.0. The van der Waals surface area contributed by atoms with Crippen molar-refractivity contribution in [2.75, 3.05) is 38.2 Å². The number of aromatic nitrogens is 2. The van der Waals surface area contributed by atoms with Gasteiger partial charge in [-0.15, -0.1) is 0 Å². The molecule has 206 valence electrons. The predicted octanol–water partition coefficient (Wildman–Crippen LogP) is 4.14. The van der Waals surface area contributed by atoms with Crippen molar-refractivity contribution in [2.45, 2.75) is 82.8 Å². The summed E-state index contributed by atoms with van der Waals surface area (Å²) in [7, 11) is 0. The summed E-state index contributed by atoms with van der Waals surface area (Å²) in [5.74, 6) is 0.601. The van der Waals surface area contributed by atoms with E-state index in [0.717, 1.165) is 37.7 Å². The SMILES string of the molecule is Cc1ccc([C@@H]2CCC[C@H](CNc3ncnc(C(=O)N4CCC(NC5CCOCC5F)CC4)c3C)O2)cc1. The standard InChI is InChI=1S/C29H40FN5O3/c1-19-6-8-21(9-7-19)26-5-3-4-23(38-26)16-31-28-20(2)27(32-18-33-28)29(36)35-13-10-22(11-14-35)34-25-12-15-37-17-24(25)30/h6-9,18,22-26,34H,3-5,10-17H2,1-2H3,(H,31,32,33)/t23-,24?,25?,26+/m1/s1. The summed E-state index contributed by atoms with van der Waals surface area (Å²) < 4.78 is 25.7. The molecule has 0 bridgehead atoms. The van der Waals surface area contributed by atoms with Gasteiger partial charge < -0.3 is 25.0 Å². The zero-order valence-corrected chi connectivity index (χ0v) is 22.5. The number of ether oxygens (including phenoxy) is 2. The summed E-state index contributed by atoms with van der Waals surface area (Å²) in [6.45, 7) is 6.63. The molecule has 0 saturated carbocycles. The van der Waals surface area contributed by atoms with Crippen molar-refractivity contribution >= 4 is 11.7 Å². The summed E-state index contributed by atoms with van der Waals surface area (Å²) >= 11 is 0. The number of carbonyl (C=O) groups excluding carboxylic acids is 1. The Morgan fingerprint density at radius 3 is 2.63 bits per heavy atom. The molecule has 8 nitrogen and oxygen atoms in total. The van der Waals surface area contributed by atoms with Crippen LogP contribution in [0.25, 0.3) is 0 Å². The lowest BCUT2D eigenvalue weighted by Crippen LogP contribution is -2.52. The van der Waals surface area contributed by atoms with E-state index in [1.165, 1.54) is 17.5 Å². The second-order valence-electron chi connectivity index (χ2n) is 10.9. The molecular weight excluding hydrogens is 485 g/mol. The predicted molar refractivity (Wildman–Crippen MR) is 144 cm³/mol. The van der Waals surface area contributed by atoms with Crippen molar-refractivity contribution in [1.82, 2.24) is 20.2 Å². The van der Waals surface area contributed by atoms with Gasteiger partial charge in [0.15, 0.2) is 0 Å². The summed E-state index contributed by atoms with van der Waals surface area (Å²) in [6, 6.07) is 8.63. The Morgan fingerprint density at radius 2 is 1.87 bits per heavy atom. The van der Waals surface area contributed by atoms with Gasteiger partial charge in [-0.1, -0.05) is 29.8 Å². The van der Waals surface area contributed by atoms with Gasteiger partial charge >= 0.3 is 0 Å². The zero-order chi connectivity index (χ0) is 26.5. The normalized spacial score (nSPS) is 26.8. The smallest absolute Gasteiger partial charge is 0.272 e. The largest absolute Gasteiger partial charge is 0.378 e. The third kappa shape index (κ3) is 6.50. The van der Waals surface area contributed by atoms with Gasteiger partial charge in [-0.2, -0.15) is 0 Å². The van der Waals surface area contributed by atoms with Gasteiger partial charge in [0.05, 0.1) is 18.8 Å². The van der Waals surface area contributed by atoms with Crippen LogP contribution in [0.15, 0.2) is 30.6 Å². The van der Waals surface area contributed by atoms with Gasteiger partial charge in [0.2, 0.25) is 0 Å². The minimum absolute atomic E-state index is 0.0748. The third-order valence-corrected chi connectivity index (χ3v) is 8.10. The number of rotatable bonds is 7. The summed E-state index contributed by atoms with van der Waals surface area (Å²) in [5, 5.41) is 6.87. The molecule has 4 atom stereocenters. The molecular formula is C29H40FN5O3. The number of anilines is 1. The number of nitrogens with zero attached hydrogens (tertiary/aromatic N) is 3. The van der Waals surface area contributed by atoms with Crippen molar-refractivity contribution in [1.29, 1.82) is 0 Å². The van der Waals surface area contributed by atoms with E-state index in [1.807, 2.05) is 11.8 Å². The van der Waals surface area contributed by atoms with E-state index in [1.54, 1.807) is 0 Å². The fourth-order valence-corrected chi connectivity index (χ4v) is 5.72. The molecule has 38 heavy (non-hydrogen) atoms. The summed E-state index contributed by atoms with van der Waals surface area (Å²) in [5.41, 5.74) is 3.66. The van der Waals surface area contributed by atoms with E-state index in [-0.39, 0.29) is 36.8 Å². The maximum absolute atomic E-state index is 14.1. The number of nitrogens with one attached hydrogen (secondary N) is 2. The molecule has 3 saturated heterocycles. The molecule has 3 aliphatic heterocycles. The average molecular weight is 526 g/mol. The number of piperidine rings is 1. The highest BCUT2D eigenvalue weighted by Crippen LogP contribution is 2.31. The van der Waals surface area contributed by atoms with Gasteiger partial charge in [-0.05, 0) is 57.9 Å². The molecule has 2 unspecified atom stereocenters. The second kappa shape index (κ2) is 12.5. The monoisotopic (exact) mass is 525 g/mol.